The van der Waals surface area contributed by atoms with Crippen LogP contribution in [-0.4, -0.2) is 21.2 Å². The fraction of sp³-hybridized carbons (Fsp3) is 0.250. The van der Waals surface area contributed by atoms with E-state index >= 15 is 0 Å². The van der Waals surface area contributed by atoms with E-state index in [9.17, 15) is 0 Å². The Morgan fingerprint density at radius 1 is 1.05 bits per heavy atom. The highest BCUT2D eigenvalue weighted by Crippen LogP contribution is 2.34. The molecule has 0 unspecified atom stereocenters. The van der Waals surface area contributed by atoms with Crippen LogP contribution in [0.25, 0.3) is 0 Å². The maximum absolute atomic E-state index is 5.32. The van der Waals surface area contributed by atoms with Gasteiger partial charge in [-0.05, 0) is 55.6 Å². The van der Waals surface area contributed by atoms with E-state index < -0.39 is 0 Å². The van der Waals surface area contributed by atoms with Crippen molar-refractivity contribution in [3.63, 3.8) is 0 Å². The van der Waals surface area contributed by atoms with Crippen LogP contribution in [0.3, 0.4) is 0 Å². The molecular weight excluding hydrogens is 396 g/mol. The zero-order valence-electron chi connectivity index (χ0n) is 12.3. The summed E-state index contributed by atoms with van der Waals surface area (Å²) in [6, 6.07) is 12.5. The summed E-state index contributed by atoms with van der Waals surface area (Å²) in [5.74, 6) is 0.809. The average Bonchev–Trinajstić information content (AvgIpc) is 2.47. The lowest BCUT2D eigenvalue weighted by atomic mass is 10.2. The summed E-state index contributed by atoms with van der Waals surface area (Å²) in [6.45, 7) is 0.761. The van der Waals surface area contributed by atoms with Crippen molar-refractivity contribution < 1.29 is 4.74 Å². The van der Waals surface area contributed by atoms with Crippen molar-refractivity contribution >= 4 is 43.2 Å². The normalized spacial score (nSPS) is 10.3. The van der Waals surface area contributed by atoms with Crippen LogP contribution in [0.4, 0.5) is 11.4 Å². The second kappa shape index (κ2) is 7.18. The number of anilines is 2. The molecule has 0 fully saturated rings. The second-order valence-electron chi connectivity index (χ2n) is 4.88. The maximum atomic E-state index is 5.32. The molecule has 0 amide bonds. The van der Waals surface area contributed by atoms with Gasteiger partial charge in [-0.1, -0.05) is 12.1 Å². The van der Waals surface area contributed by atoms with Gasteiger partial charge in [0.05, 0.1) is 17.3 Å². The molecule has 112 valence electrons. The molecule has 5 heteroatoms. The van der Waals surface area contributed by atoms with Gasteiger partial charge in [0.25, 0.3) is 0 Å². The van der Waals surface area contributed by atoms with Gasteiger partial charge in [-0.25, -0.2) is 0 Å². The van der Waals surface area contributed by atoms with Crippen LogP contribution >= 0.6 is 31.9 Å². The molecule has 0 saturated heterocycles. The predicted molar refractivity (Wildman–Crippen MR) is 96.5 cm³/mol. The zero-order chi connectivity index (χ0) is 15.4. The van der Waals surface area contributed by atoms with Gasteiger partial charge in [-0.3, -0.25) is 0 Å². The molecular formula is C16H18Br2N2O. The summed E-state index contributed by atoms with van der Waals surface area (Å²) in [5, 5.41) is 3.42. The molecule has 0 atom stereocenters. The van der Waals surface area contributed by atoms with Crippen molar-refractivity contribution in [3.8, 4) is 5.75 Å². The largest absolute Gasteiger partial charge is 0.495 e. The number of hydrogen-bond donors (Lipinski definition) is 1. The first-order chi connectivity index (χ1) is 10.0. The van der Waals surface area contributed by atoms with Crippen molar-refractivity contribution in [1.29, 1.82) is 0 Å². The molecule has 0 spiro atoms. The predicted octanol–water partition coefficient (Wildman–Crippen LogP) is 4.90. The monoisotopic (exact) mass is 412 g/mol. The summed E-state index contributed by atoms with van der Waals surface area (Å²) >= 11 is 7.03. The van der Waals surface area contributed by atoms with Crippen molar-refractivity contribution in [2.75, 3.05) is 31.4 Å². The highest BCUT2D eigenvalue weighted by molar-refractivity contribution is 9.11. The number of rotatable bonds is 5. The Balaban J connectivity index is 2.09. The summed E-state index contributed by atoms with van der Waals surface area (Å²) in [6.07, 6.45) is 0. The van der Waals surface area contributed by atoms with Crippen LogP contribution < -0.4 is 15.0 Å². The zero-order valence-corrected chi connectivity index (χ0v) is 15.5. The van der Waals surface area contributed by atoms with Crippen LogP contribution in [0.15, 0.2) is 45.3 Å². The SMILES string of the molecule is COc1cc(NCc2ccc(N(C)C)cc2)c(Br)cc1Br. The van der Waals surface area contributed by atoms with E-state index in [1.165, 1.54) is 11.3 Å². The molecule has 0 saturated carbocycles. The Labute approximate surface area is 142 Å². The lowest BCUT2D eigenvalue weighted by molar-refractivity contribution is 0.412. The number of hydrogen-bond acceptors (Lipinski definition) is 3. The Kier molecular flexibility index (Phi) is 5.53. The van der Waals surface area contributed by atoms with Crippen LogP contribution in [0.2, 0.25) is 0 Å². The molecule has 0 aliphatic rings. The minimum Gasteiger partial charge on any atom is -0.495 e. The lowest BCUT2D eigenvalue weighted by Gasteiger charge is -2.14. The molecule has 2 aromatic carbocycles. The third kappa shape index (κ3) is 4.14. The summed E-state index contributed by atoms with van der Waals surface area (Å²) in [5.41, 5.74) is 3.44. The molecule has 2 aromatic rings. The van der Waals surface area contributed by atoms with Crippen LogP contribution in [0.1, 0.15) is 5.56 Å². The molecule has 0 bridgehead atoms. The third-order valence-electron chi connectivity index (χ3n) is 3.18. The van der Waals surface area contributed by atoms with Gasteiger partial charge in [0.15, 0.2) is 0 Å². The van der Waals surface area contributed by atoms with E-state index in [1.54, 1.807) is 7.11 Å². The smallest absolute Gasteiger partial charge is 0.135 e. The second-order valence-corrected chi connectivity index (χ2v) is 6.59. The molecule has 0 radical (unpaired) electrons. The van der Waals surface area contributed by atoms with Gasteiger partial charge in [-0.2, -0.15) is 0 Å². The van der Waals surface area contributed by atoms with Gasteiger partial charge in [0.1, 0.15) is 5.75 Å². The fourth-order valence-electron chi connectivity index (χ4n) is 1.93. The highest BCUT2D eigenvalue weighted by Gasteiger charge is 2.07. The van der Waals surface area contributed by atoms with E-state index in [-0.39, 0.29) is 0 Å². The minimum atomic E-state index is 0.761. The summed E-state index contributed by atoms with van der Waals surface area (Å²) in [4.78, 5) is 2.09. The molecule has 1 N–H and O–H groups in total. The topological polar surface area (TPSA) is 24.5 Å². The Bertz CT molecular complexity index is 612. The van der Waals surface area contributed by atoms with Gasteiger partial charge in [-0.15, -0.1) is 0 Å². The fourth-order valence-corrected chi connectivity index (χ4v) is 3.23. The van der Waals surface area contributed by atoms with Crippen molar-refractivity contribution in [1.82, 2.24) is 0 Å². The quantitative estimate of drug-likeness (QED) is 0.754. The first-order valence-corrected chi connectivity index (χ1v) is 8.13. The summed E-state index contributed by atoms with van der Waals surface area (Å²) < 4.78 is 7.25. The molecule has 0 aromatic heterocycles. The lowest BCUT2D eigenvalue weighted by Crippen LogP contribution is -2.08. The number of ether oxygens (including phenoxy) is 1. The molecule has 0 aliphatic heterocycles. The van der Waals surface area contributed by atoms with Crippen molar-refractivity contribution in [3.05, 3.63) is 50.9 Å². The van der Waals surface area contributed by atoms with Crippen molar-refractivity contribution in [2.24, 2.45) is 0 Å². The summed E-state index contributed by atoms with van der Waals surface area (Å²) in [7, 11) is 5.74. The minimum absolute atomic E-state index is 0.761. The van der Waals surface area contributed by atoms with E-state index in [0.29, 0.717) is 0 Å². The Morgan fingerprint density at radius 3 is 2.29 bits per heavy atom. The van der Waals surface area contributed by atoms with Gasteiger partial charge < -0.3 is 15.0 Å². The Hall–Kier alpha value is -1.20. The molecule has 3 nitrogen and oxygen atoms in total. The number of benzene rings is 2. The molecule has 2 rings (SSSR count). The number of methoxy groups -OCH3 is 1. The van der Waals surface area contributed by atoms with Gasteiger partial charge >= 0.3 is 0 Å². The van der Waals surface area contributed by atoms with Crippen molar-refractivity contribution in [2.45, 2.75) is 6.54 Å². The first-order valence-electron chi connectivity index (χ1n) is 6.54. The first kappa shape index (κ1) is 16.2. The van der Waals surface area contributed by atoms with E-state index in [0.717, 1.165) is 26.9 Å². The highest BCUT2D eigenvalue weighted by atomic mass is 79.9. The van der Waals surface area contributed by atoms with E-state index in [2.05, 4.69) is 66.3 Å². The van der Waals surface area contributed by atoms with Gasteiger partial charge in [0.2, 0.25) is 0 Å². The average molecular weight is 414 g/mol. The number of halogens is 2. The maximum Gasteiger partial charge on any atom is 0.135 e. The van der Waals surface area contributed by atoms with Gasteiger partial charge in [0, 0.05) is 36.9 Å². The number of nitrogens with zero attached hydrogens (tertiary/aromatic N) is 1. The standard InChI is InChI=1S/C16H18Br2N2O/c1-20(2)12-6-4-11(5-7-12)10-19-15-9-16(21-3)14(18)8-13(15)17/h4-9,19H,10H2,1-3H3. The molecule has 0 aliphatic carbocycles. The van der Waals surface area contributed by atoms with E-state index in [1.807, 2.05) is 26.2 Å². The van der Waals surface area contributed by atoms with Crippen LogP contribution in [0.5, 0.6) is 5.75 Å². The van der Waals surface area contributed by atoms with Crippen LogP contribution in [0, 0.1) is 0 Å². The Morgan fingerprint density at radius 2 is 1.71 bits per heavy atom. The van der Waals surface area contributed by atoms with Crippen LogP contribution in [-0.2, 0) is 6.54 Å². The number of nitrogens with one attached hydrogen (secondary N) is 1. The third-order valence-corrected chi connectivity index (χ3v) is 4.45. The van der Waals surface area contributed by atoms with E-state index in [4.69, 9.17) is 4.74 Å². The molecule has 0 heterocycles. The molecule has 21 heavy (non-hydrogen) atoms.